The van der Waals surface area contributed by atoms with E-state index in [0.717, 1.165) is 49.8 Å². The fraction of sp³-hybridized carbons (Fsp3) is 0.467. The largest absolute Gasteiger partial charge is 0.335 e. The summed E-state index contributed by atoms with van der Waals surface area (Å²) in [4.78, 5) is 29.1. The Morgan fingerprint density at radius 2 is 1.95 bits per heavy atom. The average Bonchev–Trinajstić information content (AvgIpc) is 3.17. The quantitative estimate of drug-likeness (QED) is 0.854. The first kappa shape index (κ1) is 15.5. The van der Waals surface area contributed by atoms with E-state index in [1.54, 1.807) is 0 Å². The fourth-order valence-corrected chi connectivity index (χ4v) is 4.10. The molecule has 22 heavy (non-hydrogen) atoms. The first-order valence-electron chi connectivity index (χ1n) is 7.35. The zero-order valence-corrected chi connectivity index (χ0v) is 14.2. The Bertz CT molecular complexity index is 682. The fourth-order valence-electron chi connectivity index (χ4n) is 2.65. The molecule has 0 N–H and O–H groups in total. The Labute approximate surface area is 137 Å². The molecule has 0 aromatic carbocycles. The molecule has 0 unspecified atom stereocenters. The smallest absolute Gasteiger partial charge is 0.307 e. The Kier molecular flexibility index (Phi) is 4.75. The van der Waals surface area contributed by atoms with E-state index in [0.29, 0.717) is 0 Å². The molecule has 1 fully saturated rings. The van der Waals surface area contributed by atoms with Crippen LogP contribution in [0, 0.1) is 6.92 Å². The van der Waals surface area contributed by atoms with Gasteiger partial charge in [-0.2, -0.15) is 0 Å². The van der Waals surface area contributed by atoms with Gasteiger partial charge in [0, 0.05) is 50.3 Å². The number of rotatable bonds is 4. The van der Waals surface area contributed by atoms with Gasteiger partial charge in [0.1, 0.15) is 0 Å². The number of amides is 1. The van der Waals surface area contributed by atoms with Crippen LogP contribution in [-0.4, -0.2) is 53.0 Å². The van der Waals surface area contributed by atoms with Gasteiger partial charge in [0.25, 0.3) is 5.91 Å². The minimum absolute atomic E-state index is 0.115. The van der Waals surface area contributed by atoms with Crippen molar-refractivity contribution >= 4 is 28.6 Å². The average molecular weight is 337 g/mol. The van der Waals surface area contributed by atoms with Crippen LogP contribution < -0.4 is 4.87 Å². The molecule has 7 heteroatoms. The summed E-state index contributed by atoms with van der Waals surface area (Å²) < 4.78 is 1.83. The summed E-state index contributed by atoms with van der Waals surface area (Å²) in [6, 6.07) is 3.79. The van der Waals surface area contributed by atoms with E-state index in [1.165, 1.54) is 22.7 Å². The number of thiophene rings is 1. The van der Waals surface area contributed by atoms with Crippen molar-refractivity contribution in [2.75, 3.05) is 32.7 Å². The summed E-state index contributed by atoms with van der Waals surface area (Å²) in [5.74, 6) is 0.138. The molecule has 118 valence electrons. The van der Waals surface area contributed by atoms with Crippen LogP contribution in [0.5, 0.6) is 0 Å². The lowest BCUT2D eigenvalue weighted by molar-refractivity contribution is 0.0637. The lowest BCUT2D eigenvalue weighted by atomic mass is 10.3. The van der Waals surface area contributed by atoms with E-state index >= 15 is 0 Å². The first-order chi connectivity index (χ1) is 10.6. The summed E-state index contributed by atoms with van der Waals surface area (Å²) in [5, 5.41) is 3.84. The van der Waals surface area contributed by atoms with Gasteiger partial charge in [-0.3, -0.25) is 14.5 Å². The molecular formula is C15H19N3O2S2. The molecule has 5 nitrogen and oxygen atoms in total. The zero-order chi connectivity index (χ0) is 15.5. The number of carbonyl (C=O) groups excluding carboxylic acids is 1. The molecule has 3 rings (SSSR count). The molecule has 0 saturated carbocycles. The van der Waals surface area contributed by atoms with E-state index in [-0.39, 0.29) is 10.8 Å². The highest BCUT2D eigenvalue weighted by Crippen LogP contribution is 2.14. The van der Waals surface area contributed by atoms with Crippen LogP contribution in [0.3, 0.4) is 0 Å². The topological polar surface area (TPSA) is 45.6 Å². The van der Waals surface area contributed by atoms with Crippen molar-refractivity contribution in [2.45, 2.75) is 13.5 Å². The number of hydrogen-bond donors (Lipinski definition) is 0. The molecule has 1 amide bonds. The maximum atomic E-state index is 12.3. The summed E-state index contributed by atoms with van der Waals surface area (Å²) in [6.07, 6.45) is 0. The summed E-state index contributed by atoms with van der Waals surface area (Å²) in [6.45, 7) is 6.81. The molecule has 0 radical (unpaired) electrons. The second kappa shape index (κ2) is 6.76. The monoisotopic (exact) mass is 337 g/mol. The van der Waals surface area contributed by atoms with Gasteiger partial charge >= 0.3 is 4.87 Å². The second-order valence-corrected chi connectivity index (χ2v) is 7.17. The maximum absolute atomic E-state index is 12.3. The molecule has 0 aliphatic carbocycles. The summed E-state index contributed by atoms with van der Waals surface area (Å²) in [5.41, 5.74) is 1.03. The van der Waals surface area contributed by atoms with Gasteiger partial charge in [0.2, 0.25) is 0 Å². The molecule has 0 atom stereocenters. The van der Waals surface area contributed by atoms with E-state index in [1.807, 2.05) is 39.3 Å². The predicted octanol–water partition coefficient (Wildman–Crippen LogP) is 1.74. The number of carbonyl (C=O) groups is 1. The van der Waals surface area contributed by atoms with Gasteiger partial charge in [0.15, 0.2) is 0 Å². The van der Waals surface area contributed by atoms with Crippen molar-refractivity contribution in [3.63, 3.8) is 0 Å². The van der Waals surface area contributed by atoms with E-state index in [2.05, 4.69) is 4.90 Å². The van der Waals surface area contributed by atoms with Gasteiger partial charge in [-0.25, -0.2) is 0 Å². The molecule has 2 aromatic heterocycles. The maximum Gasteiger partial charge on any atom is 0.307 e. The van der Waals surface area contributed by atoms with E-state index in [9.17, 15) is 9.59 Å². The van der Waals surface area contributed by atoms with Crippen LogP contribution in [0.2, 0.25) is 0 Å². The third kappa shape index (κ3) is 3.31. The van der Waals surface area contributed by atoms with Crippen molar-refractivity contribution in [3.05, 3.63) is 43.1 Å². The minimum atomic E-state index is 0.115. The minimum Gasteiger partial charge on any atom is -0.335 e. The Morgan fingerprint density at radius 1 is 1.18 bits per heavy atom. The zero-order valence-electron chi connectivity index (χ0n) is 12.5. The van der Waals surface area contributed by atoms with Crippen molar-refractivity contribution < 1.29 is 4.79 Å². The van der Waals surface area contributed by atoms with Crippen LogP contribution in [0.25, 0.3) is 0 Å². The third-order valence-electron chi connectivity index (χ3n) is 4.01. The molecule has 1 saturated heterocycles. The normalized spacial score (nSPS) is 16.1. The lowest BCUT2D eigenvalue weighted by Crippen LogP contribution is -2.49. The van der Waals surface area contributed by atoms with Crippen LogP contribution in [0.1, 0.15) is 15.4 Å². The molecule has 0 bridgehead atoms. The molecular weight excluding hydrogens is 318 g/mol. The highest BCUT2D eigenvalue weighted by molar-refractivity contribution is 7.12. The van der Waals surface area contributed by atoms with Crippen molar-refractivity contribution in [2.24, 2.45) is 0 Å². The molecule has 2 aromatic rings. The second-order valence-electron chi connectivity index (χ2n) is 5.41. The molecule has 1 aliphatic rings. The Balaban J connectivity index is 1.50. The molecule has 1 aliphatic heterocycles. The highest BCUT2D eigenvalue weighted by atomic mass is 32.1. The van der Waals surface area contributed by atoms with E-state index < -0.39 is 0 Å². The van der Waals surface area contributed by atoms with E-state index in [4.69, 9.17) is 0 Å². The van der Waals surface area contributed by atoms with Crippen LogP contribution >= 0.6 is 22.7 Å². The number of thiazole rings is 1. The van der Waals surface area contributed by atoms with Crippen LogP contribution in [-0.2, 0) is 6.54 Å². The number of aromatic nitrogens is 1. The summed E-state index contributed by atoms with van der Waals surface area (Å²) >= 11 is 2.75. The third-order valence-corrected chi connectivity index (χ3v) is 5.75. The van der Waals surface area contributed by atoms with Gasteiger partial charge in [-0.05, 0) is 18.4 Å². The lowest BCUT2D eigenvalue weighted by Gasteiger charge is -2.34. The Morgan fingerprint density at radius 3 is 2.55 bits per heavy atom. The highest BCUT2D eigenvalue weighted by Gasteiger charge is 2.22. The molecule has 3 heterocycles. The number of aryl methyl sites for hydroxylation is 1. The summed E-state index contributed by atoms with van der Waals surface area (Å²) in [7, 11) is 0. The van der Waals surface area contributed by atoms with Crippen LogP contribution in [0.15, 0.2) is 27.7 Å². The van der Waals surface area contributed by atoms with Crippen molar-refractivity contribution in [1.82, 2.24) is 14.4 Å². The van der Waals surface area contributed by atoms with Crippen LogP contribution in [0.4, 0.5) is 0 Å². The number of nitrogens with zero attached hydrogens (tertiary/aromatic N) is 3. The van der Waals surface area contributed by atoms with Gasteiger partial charge in [-0.1, -0.05) is 17.4 Å². The first-order valence-corrected chi connectivity index (χ1v) is 9.11. The standard InChI is InChI=1S/C15H19N3O2S2/c1-12-11-22-15(20)18(12)9-6-16-4-7-17(8-5-16)14(19)13-3-2-10-21-13/h2-3,10-11H,4-9H2,1H3. The SMILES string of the molecule is Cc1csc(=O)n1CCN1CCN(C(=O)c2cccs2)CC1. The van der Waals surface area contributed by atoms with Gasteiger partial charge in [0.05, 0.1) is 4.88 Å². The Hall–Kier alpha value is -1.44. The van der Waals surface area contributed by atoms with Crippen molar-refractivity contribution in [1.29, 1.82) is 0 Å². The predicted molar refractivity (Wildman–Crippen MR) is 90.0 cm³/mol. The van der Waals surface area contributed by atoms with Gasteiger partial charge in [-0.15, -0.1) is 11.3 Å². The van der Waals surface area contributed by atoms with Crippen molar-refractivity contribution in [3.8, 4) is 0 Å². The molecule has 0 spiro atoms. The number of piperazine rings is 1. The van der Waals surface area contributed by atoms with Gasteiger partial charge < -0.3 is 9.47 Å². The number of hydrogen-bond acceptors (Lipinski definition) is 5.